The van der Waals surface area contributed by atoms with Crippen LogP contribution in [0.25, 0.3) is 22.4 Å². The van der Waals surface area contributed by atoms with E-state index < -0.39 is 0 Å². The first-order chi connectivity index (χ1) is 19.1. The first-order valence-electron chi connectivity index (χ1n) is 12.7. The number of imidazole rings is 1. The molecule has 0 saturated carbocycles. The van der Waals surface area contributed by atoms with Gasteiger partial charge in [0.1, 0.15) is 23.9 Å². The summed E-state index contributed by atoms with van der Waals surface area (Å²) in [5.41, 5.74) is 5.32. The Morgan fingerprint density at radius 3 is 2.28 bits per heavy atom. The van der Waals surface area contributed by atoms with E-state index >= 15 is 0 Å². The third kappa shape index (κ3) is 4.72. The maximum absolute atomic E-state index is 14.0. The number of hydrazone groups is 1. The summed E-state index contributed by atoms with van der Waals surface area (Å²) in [6.45, 7) is 0.0801. The average Bonchev–Trinajstić information content (AvgIpc) is 3.60. The van der Waals surface area contributed by atoms with Crippen molar-refractivity contribution >= 4 is 22.7 Å². The molecule has 8 heteroatoms. The van der Waals surface area contributed by atoms with E-state index in [1.807, 2.05) is 89.5 Å². The molecular formula is C31H27N5O3. The predicted octanol–water partition coefficient (Wildman–Crippen LogP) is 5.49. The van der Waals surface area contributed by atoms with Crippen molar-refractivity contribution in [2.75, 3.05) is 14.2 Å². The minimum atomic E-state index is -0.253. The van der Waals surface area contributed by atoms with Crippen molar-refractivity contribution in [2.45, 2.75) is 19.0 Å². The lowest BCUT2D eigenvalue weighted by atomic mass is 9.98. The molecule has 8 nitrogen and oxygen atoms in total. The van der Waals surface area contributed by atoms with Crippen LogP contribution in [0, 0.1) is 0 Å². The number of carbonyl (C=O) groups excluding carboxylic acids is 1. The standard InChI is InChI=1S/C31H27N5O3/c1-38-24-13-9-21(10-14-24)27-18-29(22-11-15-25(39-2)16-12-22)36(34-27)30(37)20-35-28-8-4-3-7-26(28)33-31(35)23-6-5-17-32-19-23/h3-17,19,29H,18,20H2,1-2H3. The van der Waals surface area contributed by atoms with Gasteiger partial charge in [-0.1, -0.05) is 24.3 Å². The van der Waals surface area contributed by atoms with Crippen molar-refractivity contribution in [3.05, 3.63) is 108 Å². The number of carbonyl (C=O) groups is 1. The number of hydrogen-bond acceptors (Lipinski definition) is 6. The molecule has 6 rings (SSSR count). The Morgan fingerprint density at radius 1 is 0.872 bits per heavy atom. The van der Waals surface area contributed by atoms with Crippen LogP contribution < -0.4 is 9.47 Å². The molecule has 5 aromatic rings. The molecule has 3 aromatic carbocycles. The number of pyridine rings is 1. The van der Waals surface area contributed by atoms with Crippen LogP contribution in [0.4, 0.5) is 0 Å². The smallest absolute Gasteiger partial charge is 0.263 e. The van der Waals surface area contributed by atoms with Crippen molar-refractivity contribution in [1.29, 1.82) is 0 Å². The second kappa shape index (κ2) is 10.4. The fourth-order valence-corrected chi connectivity index (χ4v) is 4.94. The van der Waals surface area contributed by atoms with Crippen LogP contribution in [0.15, 0.2) is 102 Å². The van der Waals surface area contributed by atoms with E-state index in [-0.39, 0.29) is 18.5 Å². The SMILES string of the molecule is COc1ccc(C2=NN(C(=O)Cn3c(-c4cccnc4)nc4ccccc43)C(c3ccc(OC)cc3)C2)cc1. The second-order valence-corrected chi connectivity index (χ2v) is 9.26. The molecule has 2 aromatic heterocycles. The van der Waals surface area contributed by atoms with E-state index in [0.29, 0.717) is 12.2 Å². The minimum Gasteiger partial charge on any atom is -0.497 e. The van der Waals surface area contributed by atoms with E-state index in [0.717, 1.165) is 44.9 Å². The van der Waals surface area contributed by atoms with Gasteiger partial charge in [-0.3, -0.25) is 9.78 Å². The number of para-hydroxylation sites is 2. The van der Waals surface area contributed by atoms with Gasteiger partial charge in [-0.05, 0) is 71.8 Å². The molecule has 39 heavy (non-hydrogen) atoms. The molecule has 0 spiro atoms. The van der Waals surface area contributed by atoms with Crippen molar-refractivity contribution < 1.29 is 14.3 Å². The van der Waals surface area contributed by atoms with Crippen LogP contribution in [0.1, 0.15) is 23.6 Å². The Balaban J connectivity index is 1.38. The van der Waals surface area contributed by atoms with E-state index in [1.54, 1.807) is 31.6 Å². The van der Waals surface area contributed by atoms with Gasteiger partial charge in [-0.15, -0.1) is 0 Å². The molecule has 0 radical (unpaired) electrons. The largest absolute Gasteiger partial charge is 0.497 e. The first-order valence-corrected chi connectivity index (χ1v) is 12.7. The molecule has 1 atom stereocenters. The van der Waals surface area contributed by atoms with Crippen molar-refractivity contribution in [1.82, 2.24) is 19.5 Å². The van der Waals surface area contributed by atoms with Gasteiger partial charge < -0.3 is 14.0 Å². The van der Waals surface area contributed by atoms with Gasteiger partial charge in [-0.2, -0.15) is 5.10 Å². The third-order valence-corrected chi connectivity index (χ3v) is 6.96. The lowest BCUT2D eigenvalue weighted by Crippen LogP contribution is -2.30. The Labute approximate surface area is 226 Å². The molecule has 1 amide bonds. The maximum atomic E-state index is 14.0. The number of ether oxygens (including phenoxy) is 2. The molecule has 0 aliphatic carbocycles. The summed E-state index contributed by atoms with van der Waals surface area (Å²) in [5.74, 6) is 2.09. The van der Waals surface area contributed by atoms with Crippen LogP contribution in [0.5, 0.6) is 11.5 Å². The molecule has 0 bridgehead atoms. The molecular weight excluding hydrogens is 490 g/mol. The summed E-state index contributed by atoms with van der Waals surface area (Å²) in [5, 5.41) is 6.47. The quantitative estimate of drug-likeness (QED) is 0.285. The highest BCUT2D eigenvalue weighted by atomic mass is 16.5. The van der Waals surface area contributed by atoms with Gasteiger partial charge in [0.15, 0.2) is 0 Å². The van der Waals surface area contributed by atoms with E-state index in [9.17, 15) is 4.79 Å². The Hall–Kier alpha value is -4.98. The van der Waals surface area contributed by atoms with Crippen molar-refractivity contribution in [3.8, 4) is 22.9 Å². The van der Waals surface area contributed by atoms with Crippen LogP contribution >= 0.6 is 0 Å². The number of benzene rings is 3. The molecule has 194 valence electrons. The van der Waals surface area contributed by atoms with Gasteiger partial charge in [0, 0.05) is 24.4 Å². The number of nitrogens with zero attached hydrogens (tertiary/aromatic N) is 5. The second-order valence-electron chi connectivity index (χ2n) is 9.26. The molecule has 0 fully saturated rings. The van der Waals surface area contributed by atoms with Gasteiger partial charge >= 0.3 is 0 Å². The highest BCUT2D eigenvalue weighted by Gasteiger charge is 2.34. The summed E-state index contributed by atoms with van der Waals surface area (Å²) >= 11 is 0. The van der Waals surface area contributed by atoms with Crippen LogP contribution in [-0.2, 0) is 11.3 Å². The number of rotatable bonds is 7. The van der Waals surface area contributed by atoms with Gasteiger partial charge in [0.2, 0.25) is 0 Å². The zero-order valence-electron chi connectivity index (χ0n) is 21.7. The highest BCUT2D eigenvalue weighted by molar-refractivity contribution is 6.03. The summed E-state index contributed by atoms with van der Waals surface area (Å²) in [4.78, 5) is 23.1. The summed E-state index contributed by atoms with van der Waals surface area (Å²) in [6, 6.07) is 26.9. The van der Waals surface area contributed by atoms with Crippen molar-refractivity contribution in [2.24, 2.45) is 5.10 Å². The summed E-state index contributed by atoms with van der Waals surface area (Å²) in [7, 11) is 3.28. The number of amides is 1. The number of fused-ring (bicyclic) bond motifs is 1. The normalized spacial score (nSPS) is 14.9. The van der Waals surface area contributed by atoms with E-state index in [1.165, 1.54) is 0 Å². The molecule has 3 heterocycles. The topological polar surface area (TPSA) is 81.8 Å². The van der Waals surface area contributed by atoms with Gasteiger partial charge in [0.25, 0.3) is 5.91 Å². The number of aromatic nitrogens is 3. The maximum Gasteiger partial charge on any atom is 0.263 e. The van der Waals surface area contributed by atoms with Crippen LogP contribution in [0.2, 0.25) is 0 Å². The fourth-order valence-electron chi connectivity index (χ4n) is 4.94. The molecule has 1 unspecified atom stereocenters. The monoisotopic (exact) mass is 517 g/mol. The molecule has 0 N–H and O–H groups in total. The van der Waals surface area contributed by atoms with Gasteiger partial charge in [0.05, 0.1) is 37.0 Å². The summed E-state index contributed by atoms with van der Waals surface area (Å²) in [6.07, 6.45) is 4.07. The number of methoxy groups -OCH3 is 2. The highest BCUT2D eigenvalue weighted by Crippen LogP contribution is 2.35. The van der Waals surface area contributed by atoms with Crippen LogP contribution in [-0.4, -0.2) is 45.4 Å². The van der Waals surface area contributed by atoms with E-state index in [4.69, 9.17) is 19.6 Å². The molecule has 1 aliphatic rings. The van der Waals surface area contributed by atoms with Crippen molar-refractivity contribution in [3.63, 3.8) is 0 Å². The Bertz CT molecular complexity index is 1640. The molecule has 0 saturated heterocycles. The predicted molar refractivity (Wildman–Crippen MR) is 150 cm³/mol. The first kappa shape index (κ1) is 24.4. The lowest BCUT2D eigenvalue weighted by molar-refractivity contribution is -0.133. The van der Waals surface area contributed by atoms with E-state index in [2.05, 4.69) is 4.98 Å². The summed E-state index contributed by atoms with van der Waals surface area (Å²) < 4.78 is 12.6. The fraction of sp³-hybridized carbons (Fsp3) is 0.161. The Morgan fingerprint density at radius 2 is 1.59 bits per heavy atom. The zero-order chi connectivity index (χ0) is 26.8. The van der Waals surface area contributed by atoms with Crippen LogP contribution in [0.3, 0.4) is 0 Å². The average molecular weight is 518 g/mol. The lowest BCUT2D eigenvalue weighted by Gasteiger charge is -2.23. The minimum absolute atomic E-state index is 0.0801. The number of hydrogen-bond donors (Lipinski definition) is 0. The van der Waals surface area contributed by atoms with Gasteiger partial charge in [-0.25, -0.2) is 9.99 Å². The molecule has 1 aliphatic heterocycles. The Kier molecular flexibility index (Phi) is 6.50. The third-order valence-electron chi connectivity index (χ3n) is 6.96. The zero-order valence-corrected chi connectivity index (χ0v) is 21.7.